The van der Waals surface area contributed by atoms with Gasteiger partial charge in [-0.1, -0.05) is 62.4 Å². The van der Waals surface area contributed by atoms with Gasteiger partial charge >= 0.3 is 0 Å². The Labute approximate surface area is 136 Å². The van der Waals surface area contributed by atoms with Crippen molar-refractivity contribution in [3.8, 4) is 0 Å². The van der Waals surface area contributed by atoms with Crippen LogP contribution < -0.4 is 5.32 Å². The van der Waals surface area contributed by atoms with Crippen molar-refractivity contribution in [2.24, 2.45) is 11.8 Å². The first-order chi connectivity index (χ1) is 11.1. The molecule has 5 heteroatoms. The molecule has 3 rings (SSSR count). The van der Waals surface area contributed by atoms with Crippen molar-refractivity contribution >= 4 is 5.91 Å². The van der Waals surface area contributed by atoms with E-state index in [9.17, 15) is 14.9 Å². The Morgan fingerprint density at radius 3 is 2.52 bits per heavy atom. The second kappa shape index (κ2) is 7.11. The van der Waals surface area contributed by atoms with Gasteiger partial charge in [0.25, 0.3) is 0 Å². The Bertz CT molecular complexity index is 555. The minimum absolute atomic E-state index is 0.0280. The number of rotatable bonds is 6. The lowest BCUT2D eigenvalue weighted by Crippen LogP contribution is -2.33. The zero-order valence-electron chi connectivity index (χ0n) is 13.3. The van der Waals surface area contributed by atoms with Crippen LogP contribution in [0.3, 0.4) is 0 Å². The third kappa shape index (κ3) is 4.09. The second-order valence-corrected chi connectivity index (χ2v) is 6.91. The van der Waals surface area contributed by atoms with E-state index < -0.39 is 12.0 Å². The van der Waals surface area contributed by atoms with Gasteiger partial charge in [0, 0.05) is 11.3 Å². The number of hydrogen-bond donors (Lipinski definition) is 1. The molecule has 3 unspecified atom stereocenters. The van der Waals surface area contributed by atoms with Gasteiger partial charge in [-0.2, -0.15) is 0 Å². The zero-order valence-corrected chi connectivity index (χ0v) is 13.3. The highest BCUT2D eigenvalue weighted by Gasteiger charge is 2.53. The van der Waals surface area contributed by atoms with E-state index >= 15 is 0 Å². The average Bonchev–Trinajstić information content (AvgIpc) is 3.37. The maximum Gasteiger partial charge on any atom is 0.230 e. The highest BCUT2D eigenvalue weighted by atomic mass is 16.6. The van der Waals surface area contributed by atoms with Gasteiger partial charge in [0.15, 0.2) is 0 Å². The lowest BCUT2D eigenvalue weighted by Gasteiger charge is -2.27. The van der Waals surface area contributed by atoms with E-state index in [0.29, 0.717) is 12.3 Å². The van der Waals surface area contributed by atoms with Gasteiger partial charge in [0.2, 0.25) is 11.9 Å². The van der Waals surface area contributed by atoms with Crippen molar-refractivity contribution in [1.29, 1.82) is 0 Å². The molecule has 0 aliphatic heterocycles. The van der Waals surface area contributed by atoms with Crippen LogP contribution >= 0.6 is 0 Å². The molecule has 0 spiro atoms. The summed E-state index contributed by atoms with van der Waals surface area (Å²) in [6.07, 6.45) is 7.61. The molecule has 0 heterocycles. The number of benzene rings is 1. The smallest absolute Gasteiger partial charge is 0.230 e. The molecule has 1 N–H and O–H groups in total. The highest BCUT2D eigenvalue weighted by Crippen LogP contribution is 2.36. The van der Waals surface area contributed by atoms with Gasteiger partial charge in [-0.05, 0) is 17.9 Å². The summed E-state index contributed by atoms with van der Waals surface area (Å²) >= 11 is 0. The molecule has 2 aliphatic rings. The van der Waals surface area contributed by atoms with Crippen LogP contribution in [0, 0.1) is 22.0 Å². The van der Waals surface area contributed by atoms with Crippen LogP contribution in [0.15, 0.2) is 30.3 Å². The first-order valence-electron chi connectivity index (χ1n) is 8.64. The molecule has 0 aromatic heterocycles. The first kappa shape index (κ1) is 16.0. The van der Waals surface area contributed by atoms with Crippen molar-refractivity contribution in [1.82, 2.24) is 5.32 Å². The topological polar surface area (TPSA) is 72.2 Å². The van der Waals surface area contributed by atoms with Crippen molar-refractivity contribution in [3.05, 3.63) is 46.0 Å². The second-order valence-electron chi connectivity index (χ2n) is 6.91. The van der Waals surface area contributed by atoms with Crippen LogP contribution in [0.25, 0.3) is 0 Å². The number of carbonyl (C=O) groups is 1. The predicted molar refractivity (Wildman–Crippen MR) is 87.4 cm³/mol. The molecule has 2 aliphatic carbocycles. The molecule has 0 radical (unpaired) electrons. The molecular weight excluding hydrogens is 292 g/mol. The normalized spacial score (nSPS) is 25.6. The first-order valence-corrected chi connectivity index (χ1v) is 8.64. The highest BCUT2D eigenvalue weighted by molar-refractivity contribution is 5.82. The molecule has 124 valence electrons. The van der Waals surface area contributed by atoms with E-state index in [4.69, 9.17) is 0 Å². The summed E-state index contributed by atoms with van der Waals surface area (Å²) in [5, 5.41) is 13.9. The minimum atomic E-state index is -0.680. The number of nitrogens with zero attached hydrogens (tertiary/aromatic N) is 1. The molecule has 5 nitrogen and oxygen atoms in total. The minimum Gasteiger partial charge on any atom is -0.349 e. The maximum absolute atomic E-state index is 12.3. The Balaban J connectivity index is 1.65. The van der Waals surface area contributed by atoms with E-state index in [-0.39, 0.29) is 16.9 Å². The summed E-state index contributed by atoms with van der Waals surface area (Å²) in [7, 11) is 0. The Kier molecular flexibility index (Phi) is 4.94. The molecule has 1 amide bonds. The summed E-state index contributed by atoms with van der Waals surface area (Å²) in [6.45, 7) is 0. The standard InChI is InChI=1S/C18H24N2O3/c21-18(15-12-17(15)20(22)23)19-16(14-9-5-2-6-10-14)11-13-7-3-1-4-8-13/h2,5-6,9-10,13,15-17H,1,3-4,7-8,11-12H2,(H,19,21). The molecule has 2 saturated carbocycles. The van der Waals surface area contributed by atoms with E-state index in [1.165, 1.54) is 32.1 Å². The average molecular weight is 316 g/mol. The largest absolute Gasteiger partial charge is 0.349 e. The summed E-state index contributed by atoms with van der Waals surface area (Å²) in [4.78, 5) is 22.8. The van der Waals surface area contributed by atoms with Gasteiger partial charge in [-0.3, -0.25) is 14.9 Å². The predicted octanol–water partition coefficient (Wildman–Crippen LogP) is 3.48. The number of nitrogens with one attached hydrogen (secondary N) is 1. The summed E-state index contributed by atoms with van der Waals surface area (Å²) in [6, 6.07) is 9.28. The fraction of sp³-hybridized carbons (Fsp3) is 0.611. The lowest BCUT2D eigenvalue weighted by atomic mass is 9.83. The number of nitro groups is 1. The summed E-state index contributed by atoms with van der Waals surface area (Å²) in [5.41, 5.74) is 1.10. The van der Waals surface area contributed by atoms with Crippen LogP contribution in [0.5, 0.6) is 0 Å². The Hall–Kier alpha value is -1.91. The number of hydrogen-bond acceptors (Lipinski definition) is 3. The van der Waals surface area contributed by atoms with E-state index in [1.54, 1.807) is 0 Å². The molecule has 0 saturated heterocycles. The molecular formula is C18H24N2O3. The van der Waals surface area contributed by atoms with Crippen LogP contribution in [0.1, 0.15) is 56.6 Å². The summed E-state index contributed by atoms with van der Waals surface area (Å²) < 4.78 is 0. The molecule has 0 bridgehead atoms. The third-order valence-electron chi connectivity index (χ3n) is 5.18. The van der Waals surface area contributed by atoms with Gasteiger partial charge in [0.05, 0.1) is 6.04 Å². The van der Waals surface area contributed by atoms with Crippen LogP contribution in [0.2, 0.25) is 0 Å². The quantitative estimate of drug-likeness (QED) is 0.645. The Morgan fingerprint density at radius 2 is 1.91 bits per heavy atom. The monoisotopic (exact) mass is 316 g/mol. The van der Waals surface area contributed by atoms with Crippen molar-refractivity contribution < 1.29 is 9.72 Å². The van der Waals surface area contributed by atoms with Crippen LogP contribution in [-0.2, 0) is 4.79 Å². The maximum atomic E-state index is 12.3. The SMILES string of the molecule is O=C(NC(CC1CCCCC1)c1ccccc1)C1CC1[N+](=O)[O-]. The van der Waals surface area contributed by atoms with Crippen molar-refractivity contribution in [2.45, 2.75) is 57.0 Å². The van der Waals surface area contributed by atoms with E-state index in [1.807, 2.05) is 30.3 Å². The Morgan fingerprint density at radius 1 is 1.22 bits per heavy atom. The summed E-state index contributed by atoms with van der Waals surface area (Å²) in [5.74, 6) is 0.0405. The van der Waals surface area contributed by atoms with Gasteiger partial charge in [-0.15, -0.1) is 0 Å². The molecule has 23 heavy (non-hydrogen) atoms. The lowest BCUT2D eigenvalue weighted by molar-refractivity contribution is -0.497. The van der Waals surface area contributed by atoms with Crippen molar-refractivity contribution in [2.75, 3.05) is 0 Å². The van der Waals surface area contributed by atoms with Gasteiger partial charge < -0.3 is 5.32 Å². The van der Waals surface area contributed by atoms with Crippen molar-refractivity contribution in [3.63, 3.8) is 0 Å². The molecule has 1 aromatic carbocycles. The molecule has 1 aromatic rings. The van der Waals surface area contributed by atoms with E-state index in [2.05, 4.69) is 5.32 Å². The third-order valence-corrected chi connectivity index (χ3v) is 5.18. The fourth-order valence-electron chi connectivity index (χ4n) is 3.69. The number of amides is 1. The zero-order chi connectivity index (χ0) is 16.2. The van der Waals surface area contributed by atoms with E-state index in [0.717, 1.165) is 12.0 Å². The number of carbonyl (C=O) groups excluding carboxylic acids is 1. The van der Waals surface area contributed by atoms with Crippen LogP contribution in [0.4, 0.5) is 0 Å². The van der Waals surface area contributed by atoms with Crippen LogP contribution in [-0.4, -0.2) is 16.9 Å². The fourth-order valence-corrected chi connectivity index (χ4v) is 3.69. The molecule has 3 atom stereocenters. The van der Waals surface area contributed by atoms with Gasteiger partial charge in [0.1, 0.15) is 5.92 Å². The molecule has 2 fully saturated rings. The van der Waals surface area contributed by atoms with Gasteiger partial charge in [-0.25, -0.2) is 0 Å².